The molecule has 21 heavy (non-hydrogen) atoms. The molecule has 116 valence electrons. The molecule has 0 radical (unpaired) electrons. The molecule has 0 fully saturated rings. The van der Waals surface area contributed by atoms with E-state index in [1.807, 2.05) is 13.8 Å². The van der Waals surface area contributed by atoms with E-state index in [9.17, 15) is 9.59 Å². The number of hydrogen-bond donors (Lipinski definition) is 2. The van der Waals surface area contributed by atoms with Gasteiger partial charge in [-0.05, 0) is 37.1 Å². The number of rotatable bonds is 8. The van der Waals surface area contributed by atoms with Crippen LogP contribution in [0.5, 0.6) is 0 Å². The molecule has 1 aromatic carbocycles. The summed E-state index contributed by atoms with van der Waals surface area (Å²) in [6.45, 7) is 4.72. The number of carbonyl (C=O) groups excluding carboxylic acids is 2. The van der Waals surface area contributed by atoms with Crippen molar-refractivity contribution in [2.45, 2.75) is 33.1 Å². The summed E-state index contributed by atoms with van der Waals surface area (Å²) >= 11 is 0. The van der Waals surface area contributed by atoms with Crippen molar-refractivity contribution >= 4 is 17.6 Å². The first-order chi connectivity index (χ1) is 10.1. The first kappa shape index (κ1) is 17.2. The Morgan fingerprint density at radius 1 is 1.24 bits per heavy atom. The monoisotopic (exact) mass is 292 g/mol. The minimum atomic E-state index is -0.338. The highest BCUT2D eigenvalue weighted by molar-refractivity contribution is 5.94. The number of benzene rings is 1. The van der Waals surface area contributed by atoms with Crippen molar-refractivity contribution in [3.8, 4) is 0 Å². The van der Waals surface area contributed by atoms with Crippen LogP contribution >= 0.6 is 0 Å². The molecule has 0 heterocycles. The fourth-order valence-electron chi connectivity index (χ4n) is 1.79. The molecule has 0 saturated heterocycles. The Labute approximate surface area is 125 Å². The zero-order chi connectivity index (χ0) is 15.7. The number of unbranched alkanes of at least 4 members (excludes halogenated alkanes) is 1. The van der Waals surface area contributed by atoms with Gasteiger partial charge in [-0.25, -0.2) is 4.79 Å². The van der Waals surface area contributed by atoms with E-state index >= 15 is 0 Å². The van der Waals surface area contributed by atoms with Gasteiger partial charge in [-0.3, -0.25) is 4.79 Å². The molecule has 5 nitrogen and oxygen atoms in total. The normalized spacial score (nSPS) is 11.8. The number of nitrogens with one attached hydrogen (secondary N) is 1. The Morgan fingerprint density at radius 3 is 2.43 bits per heavy atom. The van der Waals surface area contributed by atoms with Gasteiger partial charge in [0.2, 0.25) is 5.91 Å². The van der Waals surface area contributed by atoms with Crippen molar-refractivity contribution in [3.05, 3.63) is 29.8 Å². The molecule has 0 aliphatic carbocycles. The van der Waals surface area contributed by atoms with Gasteiger partial charge in [0.1, 0.15) is 0 Å². The highest BCUT2D eigenvalue weighted by atomic mass is 16.5. The first-order valence-electron chi connectivity index (χ1n) is 7.40. The lowest BCUT2D eigenvalue weighted by molar-refractivity contribution is -0.119. The quantitative estimate of drug-likeness (QED) is 0.570. The zero-order valence-electron chi connectivity index (χ0n) is 12.7. The van der Waals surface area contributed by atoms with Gasteiger partial charge in [-0.2, -0.15) is 0 Å². The highest BCUT2D eigenvalue weighted by Crippen LogP contribution is 2.13. The molecule has 0 aliphatic heterocycles. The van der Waals surface area contributed by atoms with Crippen molar-refractivity contribution in [3.63, 3.8) is 0 Å². The van der Waals surface area contributed by atoms with Crippen molar-refractivity contribution in [1.82, 2.24) is 0 Å². The zero-order valence-corrected chi connectivity index (χ0v) is 12.7. The van der Waals surface area contributed by atoms with E-state index in [1.165, 1.54) is 0 Å². The number of carbonyl (C=O) groups is 2. The Balaban J connectivity index is 2.57. The summed E-state index contributed by atoms with van der Waals surface area (Å²) in [5.41, 5.74) is 6.67. The Kier molecular flexibility index (Phi) is 7.46. The molecule has 3 N–H and O–H groups in total. The van der Waals surface area contributed by atoms with Gasteiger partial charge in [-0.1, -0.05) is 20.3 Å². The summed E-state index contributed by atoms with van der Waals surface area (Å²) in [4.78, 5) is 23.6. The van der Waals surface area contributed by atoms with E-state index in [4.69, 9.17) is 10.5 Å². The summed E-state index contributed by atoms with van der Waals surface area (Å²) in [6.07, 6.45) is 2.54. The third-order valence-electron chi connectivity index (χ3n) is 3.27. The highest BCUT2D eigenvalue weighted by Gasteiger charge is 2.14. The number of esters is 1. The smallest absolute Gasteiger partial charge is 0.338 e. The number of hydrogen-bond acceptors (Lipinski definition) is 4. The van der Waals surface area contributed by atoms with Crippen molar-refractivity contribution in [2.24, 2.45) is 11.7 Å². The van der Waals surface area contributed by atoms with E-state index in [1.54, 1.807) is 24.3 Å². The fraction of sp³-hybridized carbons (Fsp3) is 0.500. The maximum Gasteiger partial charge on any atom is 0.338 e. The molecule has 1 rings (SSSR count). The lowest BCUT2D eigenvalue weighted by Gasteiger charge is -2.12. The topological polar surface area (TPSA) is 81.4 Å². The second-order valence-electron chi connectivity index (χ2n) is 4.90. The predicted octanol–water partition coefficient (Wildman–Crippen LogP) is 2.57. The molecule has 0 aliphatic rings. The second-order valence-corrected chi connectivity index (χ2v) is 4.90. The van der Waals surface area contributed by atoms with Crippen LogP contribution in [0.4, 0.5) is 5.69 Å². The average molecular weight is 292 g/mol. The predicted molar refractivity (Wildman–Crippen MR) is 83.1 cm³/mol. The average Bonchev–Trinajstić information content (AvgIpc) is 2.49. The molecule has 0 saturated carbocycles. The van der Waals surface area contributed by atoms with E-state index in [2.05, 4.69) is 5.32 Å². The van der Waals surface area contributed by atoms with E-state index in [0.29, 0.717) is 30.8 Å². The van der Waals surface area contributed by atoms with Gasteiger partial charge in [0.25, 0.3) is 0 Å². The van der Waals surface area contributed by atoms with Crippen LogP contribution in [0.2, 0.25) is 0 Å². The molecule has 1 atom stereocenters. The molecular weight excluding hydrogens is 268 g/mol. The van der Waals surface area contributed by atoms with Gasteiger partial charge >= 0.3 is 5.97 Å². The molecule has 0 spiro atoms. The van der Waals surface area contributed by atoms with Crippen LogP contribution in [0.25, 0.3) is 0 Å². The molecule has 1 unspecified atom stereocenters. The van der Waals surface area contributed by atoms with Crippen molar-refractivity contribution in [2.75, 3.05) is 18.5 Å². The SMILES string of the molecule is CCCCOC(=O)c1ccc(NC(=O)C(CC)CN)cc1. The third kappa shape index (κ3) is 5.55. The molecule has 1 aromatic rings. The largest absolute Gasteiger partial charge is 0.462 e. The number of anilines is 1. The third-order valence-corrected chi connectivity index (χ3v) is 3.27. The first-order valence-corrected chi connectivity index (χ1v) is 7.40. The van der Waals surface area contributed by atoms with Gasteiger partial charge < -0.3 is 15.8 Å². The van der Waals surface area contributed by atoms with Crippen LogP contribution in [0.15, 0.2) is 24.3 Å². The van der Waals surface area contributed by atoms with Crippen LogP contribution in [0.3, 0.4) is 0 Å². The van der Waals surface area contributed by atoms with Gasteiger partial charge in [0, 0.05) is 12.2 Å². The molecule has 1 amide bonds. The van der Waals surface area contributed by atoms with E-state index < -0.39 is 0 Å². The fourth-order valence-corrected chi connectivity index (χ4v) is 1.79. The van der Waals surface area contributed by atoms with E-state index in [-0.39, 0.29) is 17.8 Å². The number of nitrogens with two attached hydrogens (primary N) is 1. The van der Waals surface area contributed by atoms with E-state index in [0.717, 1.165) is 12.8 Å². The standard InChI is InChI=1S/C16H24N2O3/c1-3-5-10-21-16(20)13-6-8-14(9-7-13)18-15(19)12(4-2)11-17/h6-9,12H,3-5,10-11,17H2,1-2H3,(H,18,19). The Hall–Kier alpha value is -1.88. The lowest BCUT2D eigenvalue weighted by Crippen LogP contribution is -2.28. The molecule has 0 aromatic heterocycles. The summed E-state index contributed by atoms with van der Waals surface area (Å²) in [7, 11) is 0. The molecular formula is C16H24N2O3. The lowest BCUT2D eigenvalue weighted by atomic mass is 10.1. The maximum atomic E-state index is 11.9. The number of ether oxygens (including phenoxy) is 1. The minimum absolute atomic E-state index is 0.0988. The summed E-state index contributed by atoms with van der Waals surface area (Å²) in [5.74, 6) is -0.628. The summed E-state index contributed by atoms with van der Waals surface area (Å²) in [6, 6.07) is 6.68. The van der Waals surface area contributed by atoms with Gasteiger partial charge in [0.05, 0.1) is 18.1 Å². The second kappa shape index (κ2) is 9.13. The van der Waals surface area contributed by atoms with Crippen LogP contribution in [-0.2, 0) is 9.53 Å². The summed E-state index contributed by atoms with van der Waals surface area (Å²) in [5, 5.41) is 2.79. The molecule has 5 heteroatoms. The minimum Gasteiger partial charge on any atom is -0.462 e. The van der Waals surface area contributed by atoms with Gasteiger partial charge in [0.15, 0.2) is 0 Å². The number of amides is 1. The van der Waals surface area contributed by atoms with Crippen molar-refractivity contribution < 1.29 is 14.3 Å². The van der Waals surface area contributed by atoms with Crippen LogP contribution in [-0.4, -0.2) is 25.0 Å². The van der Waals surface area contributed by atoms with Crippen molar-refractivity contribution in [1.29, 1.82) is 0 Å². The van der Waals surface area contributed by atoms with Crippen LogP contribution in [0.1, 0.15) is 43.5 Å². The van der Waals surface area contributed by atoms with Crippen LogP contribution in [0, 0.1) is 5.92 Å². The Bertz CT molecular complexity index is 453. The summed E-state index contributed by atoms with van der Waals surface area (Å²) < 4.78 is 5.12. The van der Waals surface area contributed by atoms with Crippen LogP contribution < -0.4 is 11.1 Å². The maximum absolute atomic E-state index is 11.9. The Morgan fingerprint density at radius 2 is 1.90 bits per heavy atom. The van der Waals surface area contributed by atoms with Gasteiger partial charge in [-0.15, -0.1) is 0 Å². The molecule has 0 bridgehead atoms.